The summed E-state index contributed by atoms with van der Waals surface area (Å²) in [5, 5.41) is 1.92. The number of hydrogen-bond donors (Lipinski definition) is 0. The maximum absolute atomic E-state index is 5.62. The van der Waals surface area contributed by atoms with Crippen molar-refractivity contribution in [1.29, 1.82) is 0 Å². The summed E-state index contributed by atoms with van der Waals surface area (Å²) in [6.45, 7) is 10.4. The van der Waals surface area contributed by atoms with E-state index in [1.165, 1.54) is 22.3 Å². The van der Waals surface area contributed by atoms with Crippen LogP contribution >= 0.6 is 0 Å². The second-order valence-corrected chi connectivity index (χ2v) is 10.7. The van der Waals surface area contributed by atoms with E-state index in [0.717, 1.165) is 61.1 Å². The van der Waals surface area contributed by atoms with Gasteiger partial charge in [0.15, 0.2) is 0 Å². The Balaban J connectivity index is 0.000000188. The molecule has 0 spiro atoms. The minimum Gasteiger partial charge on any atom is -0.506 e. The maximum atomic E-state index is 5.62. The fourth-order valence-corrected chi connectivity index (χ4v) is 4.87. The maximum Gasteiger partial charge on any atom is 0.0847 e. The van der Waals surface area contributed by atoms with Gasteiger partial charge < -0.3 is 9.40 Å². The van der Waals surface area contributed by atoms with Crippen LogP contribution in [0.5, 0.6) is 0 Å². The van der Waals surface area contributed by atoms with Crippen LogP contribution < -0.4 is 0 Å². The van der Waals surface area contributed by atoms with Crippen LogP contribution in [0.1, 0.15) is 27.8 Å². The summed E-state index contributed by atoms with van der Waals surface area (Å²) >= 11 is 0. The van der Waals surface area contributed by atoms with E-state index < -0.39 is 0 Å². The van der Waals surface area contributed by atoms with E-state index in [1.807, 2.05) is 61.9 Å². The van der Waals surface area contributed by atoms with Crippen LogP contribution in [0, 0.1) is 46.8 Å². The minimum atomic E-state index is 0. The summed E-state index contributed by atoms with van der Waals surface area (Å²) in [5.74, 6) is 0. The van der Waals surface area contributed by atoms with Gasteiger partial charge in [-0.15, -0.1) is 41.0 Å². The number of furan rings is 1. The van der Waals surface area contributed by atoms with Crippen LogP contribution in [0.15, 0.2) is 102 Å². The first-order valence-electron chi connectivity index (χ1n) is 14.0. The van der Waals surface area contributed by atoms with E-state index in [-0.39, 0.29) is 20.1 Å². The van der Waals surface area contributed by atoms with Gasteiger partial charge in [-0.05, 0) is 48.7 Å². The van der Waals surface area contributed by atoms with Crippen molar-refractivity contribution in [2.45, 2.75) is 34.6 Å². The Hall–Kier alpha value is -4.44. The van der Waals surface area contributed by atoms with Gasteiger partial charge in [0, 0.05) is 56.2 Å². The number of fused-ring (bicyclic) bond motifs is 3. The van der Waals surface area contributed by atoms with Gasteiger partial charge in [-0.25, -0.2) is 0 Å². The molecule has 43 heavy (non-hydrogen) atoms. The fourth-order valence-electron chi connectivity index (χ4n) is 4.87. The number of rotatable bonds is 3. The number of hydrogen-bond acceptors (Lipinski definition) is 4. The normalized spacial score (nSPS) is 10.7. The third-order valence-corrected chi connectivity index (χ3v) is 7.64. The molecule has 0 aliphatic rings. The number of aromatic nitrogens is 3. The zero-order valence-corrected chi connectivity index (χ0v) is 27.2. The molecule has 3 aromatic carbocycles. The molecule has 0 unspecified atom stereocenters. The Labute approximate surface area is 266 Å². The van der Waals surface area contributed by atoms with Crippen molar-refractivity contribution >= 4 is 21.9 Å². The molecule has 0 bridgehead atoms. The molecular formula is C38H31IrN3O-2. The van der Waals surface area contributed by atoms with Crippen molar-refractivity contribution in [2.75, 3.05) is 0 Å². The Kier molecular flexibility index (Phi) is 8.96. The molecule has 5 heteroatoms. The average molecular weight is 738 g/mol. The summed E-state index contributed by atoms with van der Waals surface area (Å²) in [6.07, 6.45) is 7.37. The van der Waals surface area contributed by atoms with Gasteiger partial charge in [0.2, 0.25) is 0 Å². The quantitative estimate of drug-likeness (QED) is 0.170. The number of pyridine rings is 3. The third-order valence-electron chi connectivity index (χ3n) is 7.64. The van der Waals surface area contributed by atoms with Crippen LogP contribution in [-0.4, -0.2) is 15.0 Å². The van der Waals surface area contributed by atoms with Gasteiger partial charge >= 0.3 is 0 Å². The van der Waals surface area contributed by atoms with Crippen LogP contribution in [0.25, 0.3) is 55.5 Å². The zero-order valence-electron chi connectivity index (χ0n) is 24.8. The summed E-state index contributed by atoms with van der Waals surface area (Å²) in [6, 6.07) is 31.5. The number of benzene rings is 3. The molecule has 0 fully saturated rings. The van der Waals surface area contributed by atoms with Crippen molar-refractivity contribution in [3.8, 4) is 33.6 Å². The van der Waals surface area contributed by atoms with Gasteiger partial charge in [0.25, 0.3) is 0 Å². The van der Waals surface area contributed by atoms with E-state index in [0.29, 0.717) is 0 Å². The minimum absolute atomic E-state index is 0. The molecule has 0 aliphatic carbocycles. The summed E-state index contributed by atoms with van der Waals surface area (Å²) < 4.78 is 5.62. The van der Waals surface area contributed by atoms with E-state index in [2.05, 4.69) is 86.2 Å². The average Bonchev–Trinajstić information content (AvgIpc) is 3.49. The summed E-state index contributed by atoms with van der Waals surface area (Å²) in [7, 11) is 0. The van der Waals surface area contributed by atoms with E-state index in [4.69, 9.17) is 9.40 Å². The number of nitrogens with zero attached hydrogens (tertiary/aromatic N) is 3. The Morgan fingerprint density at radius 1 is 0.651 bits per heavy atom. The van der Waals surface area contributed by atoms with Crippen molar-refractivity contribution in [3.63, 3.8) is 0 Å². The van der Waals surface area contributed by atoms with Crippen molar-refractivity contribution in [1.82, 2.24) is 15.0 Å². The van der Waals surface area contributed by atoms with Crippen LogP contribution in [-0.2, 0) is 20.1 Å². The molecule has 4 aromatic heterocycles. The second-order valence-electron chi connectivity index (χ2n) is 10.7. The van der Waals surface area contributed by atoms with Gasteiger partial charge in [-0.1, -0.05) is 96.4 Å². The standard InChI is InChI=1S/C23H15N2O.C15H16N.Ir/c1-15-11-20-19(12-17-9-10-26-23(17)22(20)25-13-15)21-8-7-18(14-24-21)16-5-3-2-4-6-16;1-10-5-6-14(7-11(10)2)15-8-12(3)13(4)9-16-15;/h2-11,13-14H,1H3;5,7-9H,1-4H3;/q2*-1;. The van der Waals surface area contributed by atoms with Crippen LogP contribution in [0.3, 0.4) is 0 Å². The second kappa shape index (κ2) is 12.8. The predicted octanol–water partition coefficient (Wildman–Crippen LogP) is 9.60. The van der Waals surface area contributed by atoms with E-state index in [1.54, 1.807) is 6.26 Å². The monoisotopic (exact) mass is 738 g/mol. The molecule has 0 atom stereocenters. The molecule has 4 nitrogen and oxygen atoms in total. The van der Waals surface area contributed by atoms with E-state index >= 15 is 0 Å². The van der Waals surface area contributed by atoms with Gasteiger partial charge in [0.05, 0.1) is 5.58 Å². The van der Waals surface area contributed by atoms with E-state index in [9.17, 15) is 0 Å². The first kappa shape index (κ1) is 30.0. The molecule has 0 aliphatic heterocycles. The molecule has 4 heterocycles. The molecule has 1 radical (unpaired) electrons. The summed E-state index contributed by atoms with van der Waals surface area (Å²) in [4.78, 5) is 13.7. The van der Waals surface area contributed by atoms with Crippen molar-refractivity contribution in [3.05, 3.63) is 138 Å². The first-order valence-corrected chi connectivity index (χ1v) is 14.0. The molecular weight excluding hydrogens is 707 g/mol. The molecule has 0 N–H and O–H groups in total. The van der Waals surface area contributed by atoms with Crippen LogP contribution in [0.2, 0.25) is 0 Å². The Morgan fingerprint density at radius 3 is 2.14 bits per heavy atom. The van der Waals surface area contributed by atoms with Crippen LogP contribution in [0.4, 0.5) is 0 Å². The molecule has 215 valence electrons. The third kappa shape index (κ3) is 6.34. The molecule has 0 saturated heterocycles. The summed E-state index contributed by atoms with van der Waals surface area (Å²) in [5.41, 5.74) is 13.9. The molecule has 0 saturated carbocycles. The molecule has 7 rings (SSSR count). The van der Waals surface area contributed by atoms with Gasteiger partial charge in [-0.3, -0.25) is 9.97 Å². The first-order chi connectivity index (χ1) is 20.4. The fraction of sp³-hybridized carbons (Fsp3) is 0.132. The topological polar surface area (TPSA) is 51.8 Å². The van der Waals surface area contributed by atoms with Gasteiger partial charge in [0.1, 0.15) is 0 Å². The molecule has 7 aromatic rings. The smallest absolute Gasteiger partial charge is 0.0847 e. The van der Waals surface area contributed by atoms with Crippen molar-refractivity contribution in [2.24, 2.45) is 0 Å². The molecule has 0 amide bonds. The largest absolute Gasteiger partial charge is 0.506 e. The zero-order chi connectivity index (χ0) is 29.2. The predicted molar refractivity (Wildman–Crippen MR) is 171 cm³/mol. The van der Waals surface area contributed by atoms with Crippen molar-refractivity contribution < 1.29 is 24.5 Å². The Bertz CT molecular complexity index is 1980. The number of aryl methyl sites for hydroxylation is 5. The Morgan fingerprint density at radius 2 is 1.42 bits per heavy atom. The van der Waals surface area contributed by atoms with Gasteiger partial charge in [-0.2, -0.15) is 0 Å². The SMILES string of the molecule is Cc1c[c-]c(-c2cc(C)c(C)cn2)cc1C.Cc1cnc2c(c1)c(-c1ccc(-c3ccccc3)cn1)[c-]c1ccoc12.[Ir].